The maximum absolute atomic E-state index is 12.0. The third kappa shape index (κ3) is 3.57. The van der Waals surface area contributed by atoms with Gasteiger partial charge in [-0.15, -0.1) is 0 Å². The monoisotopic (exact) mass is 245 g/mol. The van der Waals surface area contributed by atoms with E-state index in [9.17, 15) is 4.79 Å². The summed E-state index contributed by atoms with van der Waals surface area (Å²) < 4.78 is 0. The lowest BCUT2D eigenvalue weighted by Crippen LogP contribution is -2.43. The van der Waals surface area contributed by atoms with Crippen molar-refractivity contribution < 1.29 is 4.79 Å². The molecule has 0 aliphatic rings. The van der Waals surface area contributed by atoms with Crippen LogP contribution in [-0.4, -0.2) is 29.9 Å². The predicted octanol–water partition coefficient (Wildman–Crippen LogP) is 2.23. The number of hydrogen-bond donors (Lipinski definition) is 1. The maximum atomic E-state index is 12.0. The second kappa shape index (κ2) is 6.18. The predicted molar refractivity (Wildman–Crippen MR) is 72.1 cm³/mol. The standard InChI is InChI=1S/C14H19N3O/c1-10(2)17(4)11(3)14(18)16-13-7-5-6-12(8-13)9-15/h5-8,10-11H,1-4H3,(H,16,18). The highest BCUT2D eigenvalue weighted by Gasteiger charge is 2.19. The molecule has 4 heteroatoms. The van der Waals surface area contributed by atoms with Gasteiger partial charge in [-0.3, -0.25) is 9.69 Å². The molecule has 4 nitrogen and oxygen atoms in total. The number of nitrogens with zero attached hydrogens (tertiary/aromatic N) is 2. The van der Waals surface area contributed by atoms with Gasteiger partial charge in [0, 0.05) is 11.7 Å². The van der Waals surface area contributed by atoms with Crippen LogP contribution in [-0.2, 0) is 4.79 Å². The van der Waals surface area contributed by atoms with Crippen LogP contribution in [0, 0.1) is 11.3 Å². The molecule has 96 valence electrons. The zero-order valence-electron chi connectivity index (χ0n) is 11.3. The number of likely N-dealkylation sites (N-methyl/N-ethyl adjacent to an activating group) is 1. The van der Waals surface area contributed by atoms with Crippen molar-refractivity contribution in [2.45, 2.75) is 32.9 Å². The molecule has 0 heterocycles. The summed E-state index contributed by atoms with van der Waals surface area (Å²) in [7, 11) is 1.92. The summed E-state index contributed by atoms with van der Waals surface area (Å²) in [5.41, 5.74) is 1.20. The molecule has 1 rings (SSSR count). The highest BCUT2D eigenvalue weighted by atomic mass is 16.2. The average Bonchev–Trinajstić information content (AvgIpc) is 2.36. The lowest BCUT2D eigenvalue weighted by molar-refractivity contribution is -0.120. The van der Waals surface area contributed by atoms with Crippen LogP contribution in [0.25, 0.3) is 0 Å². The molecule has 0 saturated heterocycles. The van der Waals surface area contributed by atoms with Crippen LogP contribution in [0.15, 0.2) is 24.3 Å². The number of nitrogens with one attached hydrogen (secondary N) is 1. The van der Waals surface area contributed by atoms with Gasteiger partial charge in [0.1, 0.15) is 0 Å². The molecule has 0 aromatic heterocycles. The first-order valence-corrected chi connectivity index (χ1v) is 5.98. The van der Waals surface area contributed by atoms with E-state index in [0.29, 0.717) is 17.3 Å². The Bertz CT molecular complexity index is 462. The number of rotatable bonds is 4. The maximum Gasteiger partial charge on any atom is 0.241 e. The van der Waals surface area contributed by atoms with Gasteiger partial charge in [0.15, 0.2) is 0 Å². The first-order valence-electron chi connectivity index (χ1n) is 5.98. The third-order valence-corrected chi connectivity index (χ3v) is 3.06. The first-order chi connectivity index (χ1) is 8.45. The Kier molecular flexibility index (Phi) is 4.87. The van der Waals surface area contributed by atoms with E-state index in [4.69, 9.17) is 5.26 Å². The molecule has 0 saturated carbocycles. The molecular formula is C14H19N3O. The molecule has 0 fully saturated rings. The summed E-state index contributed by atoms with van der Waals surface area (Å²) in [6.45, 7) is 5.95. The molecule has 1 atom stereocenters. The average molecular weight is 245 g/mol. The van der Waals surface area contributed by atoms with Gasteiger partial charge in [-0.2, -0.15) is 5.26 Å². The minimum Gasteiger partial charge on any atom is -0.325 e. The summed E-state index contributed by atoms with van der Waals surface area (Å²) in [4.78, 5) is 14.0. The highest BCUT2D eigenvalue weighted by Crippen LogP contribution is 2.11. The summed E-state index contributed by atoms with van der Waals surface area (Å²) in [5.74, 6) is -0.0683. The molecular weight excluding hydrogens is 226 g/mol. The Balaban J connectivity index is 2.73. The van der Waals surface area contributed by atoms with E-state index in [1.807, 2.05) is 38.8 Å². The zero-order valence-corrected chi connectivity index (χ0v) is 11.3. The smallest absolute Gasteiger partial charge is 0.241 e. The second-order valence-corrected chi connectivity index (χ2v) is 4.62. The van der Waals surface area contributed by atoms with Crippen LogP contribution in [0.2, 0.25) is 0 Å². The Hall–Kier alpha value is -1.86. The second-order valence-electron chi connectivity index (χ2n) is 4.62. The number of carbonyl (C=O) groups is 1. The number of hydrogen-bond acceptors (Lipinski definition) is 3. The Morgan fingerprint density at radius 1 is 1.39 bits per heavy atom. The van der Waals surface area contributed by atoms with Crippen molar-refractivity contribution in [1.29, 1.82) is 5.26 Å². The van der Waals surface area contributed by atoms with Crippen molar-refractivity contribution in [2.24, 2.45) is 0 Å². The normalized spacial score (nSPS) is 12.3. The van der Waals surface area contributed by atoms with E-state index < -0.39 is 0 Å². The Morgan fingerprint density at radius 2 is 2.06 bits per heavy atom. The summed E-state index contributed by atoms with van der Waals surface area (Å²) in [5, 5.41) is 11.6. The van der Waals surface area contributed by atoms with Crippen LogP contribution < -0.4 is 5.32 Å². The van der Waals surface area contributed by atoms with Crippen LogP contribution >= 0.6 is 0 Å². The topological polar surface area (TPSA) is 56.1 Å². The number of amides is 1. The van der Waals surface area contributed by atoms with Gasteiger partial charge >= 0.3 is 0 Å². The molecule has 1 unspecified atom stereocenters. The summed E-state index contributed by atoms with van der Waals surface area (Å²) in [6.07, 6.45) is 0. The molecule has 0 aliphatic heterocycles. The quantitative estimate of drug-likeness (QED) is 0.885. The van der Waals surface area contributed by atoms with Gasteiger partial charge in [-0.1, -0.05) is 6.07 Å². The van der Waals surface area contributed by atoms with E-state index in [-0.39, 0.29) is 11.9 Å². The molecule has 0 radical (unpaired) electrons. The minimum atomic E-state index is -0.212. The van der Waals surface area contributed by atoms with E-state index in [1.165, 1.54) is 0 Å². The van der Waals surface area contributed by atoms with Gasteiger partial charge in [0.25, 0.3) is 0 Å². The lowest BCUT2D eigenvalue weighted by Gasteiger charge is -2.27. The minimum absolute atomic E-state index is 0.0683. The molecule has 1 aromatic rings. The van der Waals surface area contributed by atoms with Crippen molar-refractivity contribution in [1.82, 2.24) is 4.90 Å². The van der Waals surface area contributed by atoms with Crippen molar-refractivity contribution in [3.05, 3.63) is 29.8 Å². The molecule has 18 heavy (non-hydrogen) atoms. The fraction of sp³-hybridized carbons (Fsp3) is 0.429. The Labute approximate surface area is 108 Å². The van der Waals surface area contributed by atoms with Crippen molar-refractivity contribution in [3.8, 4) is 6.07 Å². The SMILES string of the molecule is CC(C)N(C)C(C)C(=O)Nc1cccc(C#N)c1. The number of anilines is 1. The number of benzene rings is 1. The summed E-state index contributed by atoms with van der Waals surface area (Å²) >= 11 is 0. The van der Waals surface area contributed by atoms with Crippen molar-refractivity contribution in [3.63, 3.8) is 0 Å². The van der Waals surface area contributed by atoms with Crippen molar-refractivity contribution in [2.75, 3.05) is 12.4 Å². The van der Waals surface area contributed by atoms with Gasteiger partial charge in [-0.05, 0) is 46.0 Å². The number of carbonyl (C=O) groups excluding carboxylic acids is 1. The van der Waals surface area contributed by atoms with Gasteiger partial charge in [0.2, 0.25) is 5.91 Å². The fourth-order valence-electron chi connectivity index (χ4n) is 1.55. The number of nitriles is 1. The third-order valence-electron chi connectivity index (χ3n) is 3.06. The van der Waals surface area contributed by atoms with Gasteiger partial charge < -0.3 is 5.32 Å². The first kappa shape index (κ1) is 14.2. The van der Waals surface area contributed by atoms with E-state index in [0.717, 1.165) is 0 Å². The lowest BCUT2D eigenvalue weighted by atomic mass is 10.2. The molecule has 0 bridgehead atoms. The molecule has 0 spiro atoms. The van der Waals surface area contributed by atoms with Gasteiger partial charge in [0.05, 0.1) is 17.7 Å². The van der Waals surface area contributed by atoms with Crippen LogP contribution in [0.1, 0.15) is 26.3 Å². The van der Waals surface area contributed by atoms with Crippen LogP contribution in [0.5, 0.6) is 0 Å². The van der Waals surface area contributed by atoms with E-state index in [1.54, 1.807) is 24.3 Å². The van der Waals surface area contributed by atoms with E-state index >= 15 is 0 Å². The molecule has 1 amide bonds. The fourth-order valence-corrected chi connectivity index (χ4v) is 1.55. The Morgan fingerprint density at radius 3 is 2.61 bits per heavy atom. The highest BCUT2D eigenvalue weighted by molar-refractivity contribution is 5.94. The zero-order chi connectivity index (χ0) is 13.7. The summed E-state index contributed by atoms with van der Waals surface area (Å²) in [6, 6.07) is 9.05. The molecule has 1 N–H and O–H groups in total. The van der Waals surface area contributed by atoms with Crippen molar-refractivity contribution >= 4 is 11.6 Å². The molecule has 1 aromatic carbocycles. The van der Waals surface area contributed by atoms with Crippen LogP contribution in [0.4, 0.5) is 5.69 Å². The van der Waals surface area contributed by atoms with Crippen LogP contribution in [0.3, 0.4) is 0 Å². The largest absolute Gasteiger partial charge is 0.325 e. The van der Waals surface area contributed by atoms with E-state index in [2.05, 4.69) is 5.32 Å². The molecule has 0 aliphatic carbocycles. The van der Waals surface area contributed by atoms with Gasteiger partial charge in [-0.25, -0.2) is 0 Å².